The second-order valence-electron chi connectivity index (χ2n) is 4.92. The summed E-state index contributed by atoms with van der Waals surface area (Å²) in [5.41, 5.74) is 2.22. The molecule has 1 aliphatic rings. The molecule has 3 rings (SSSR count). The van der Waals surface area contributed by atoms with E-state index in [1.165, 1.54) is 0 Å². The van der Waals surface area contributed by atoms with E-state index in [9.17, 15) is 0 Å². The Labute approximate surface area is 137 Å². The average molecular weight is 369 g/mol. The Kier molecular flexibility index (Phi) is 4.38. The van der Waals surface area contributed by atoms with Crippen molar-refractivity contribution in [3.63, 3.8) is 0 Å². The second kappa shape index (κ2) is 6.26. The smallest absolute Gasteiger partial charge is 0.231 e. The zero-order valence-electron chi connectivity index (χ0n) is 11.5. The molecule has 1 aliphatic heterocycles. The van der Waals surface area contributed by atoms with Crippen molar-refractivity contribution in [1.82, 2.24) is 5.32 Å². The van der Waals surface area contributed by atoms with Crippen LogP contribution in [0.2, 0.25) is 5.02 Å². The summed E-state index contributed by atoms with van der Waals surface area (Å²) in [5.74, 6) is 1.57. The lowest BCUT2D eigenvalue weighted by Gasteiger charge is -2.16. The van der Waals surface area contributed by atoms with Crippen LogP contribution in [0.15, 0.2) is 40.9 Å². The van der Waals surface area contributed by atoms with Crippen molar-refractivity contribution in [2.45, 2.75) is 19.5 Å². The summed E-state index contributed by atoms with van der Waals surface area (Å²) in [6, 6.07) is 12.0. The van der Waals surface area contributed by atoms with Crippen LogP contribution in [0, 0.1) is 0 Å². The van der Waals surface area contributed by atoms with Crippen molar-refractivity contribution in [3.8, 4) is 11.5 Å². The number of hydrogen-bond acceptors (Lipinski definition) is 3. The second-order valence-corrected chi connectivity index (χ2v) is 6.18. The molecule has 0 radical (unpaired) electrons. The van der Waals surface area contributed by atoms with Crippen LogP contribution in [0.1, 0.15) is 24.1 Å². The van der Waals surface area contributed by atoms with Crippen LogP contribution < -0.4 is 14.8 Å². The summed E-state index contributed by atoms with van der Waals surface area (Å²) in [6.07, 6.45) is 0. The number of halogens is 2. The highest BCUT2D eigenvalue weighted by Gasteiger charge is 2.17. The van der Waals surface area contributed by atoms with Crippen LogP contribution in [0.25, 0.3) is 0 Å². The molecule has 1 heterocycles. The first-order chi connectivity index (χ1) is 10.1. The number of ether oxygens (including phenoxy) is 2. The fourth-order valence-corrected chi connectivity index (χ4v) is 3.06. The lowest BCUT2D eigenvalue weighted by Crippen LogP contribution is -2.18. The Bertz CT molecular complexity index is 663. The van der Waals surface area contributed by atoms with Crippen LogP contribution in [-0.4, -0.2) is 6.79 Å². The van der Waals surface area contributed by atoms with Crippen LogP contribution in [-0.2, 0) is 6.54 Å². The van der Waals surface area contributed by atoms with E-state index in [1.54, 1.807) is 0 Å². The van der Waals surface area contributed by atoms with E-state index in [4.69, 9.17) is 21.1 Å². The van der Waals surface area contributed by atoms with E-state index in [0.717, 1.165) is 32.1 Å². The minimum atomic E-state index is 0.163. The molecule has 21 heavy (non-hydrogen) atoms. The lowest BCUT2D eigenvalue weighted by atomic mass is 10.1. The van der Waals surface area contributed by atoms with Gasteiger partial charge in [0.05, 0.1) is 0 Å². The highest BCUT2D eigenvalue weighted by molar-refractivity contribution is 9.10. The van der Waals surface area contributed by atoms with Gasteiger partial charge in [-0.25, -0.2) is 0 Å². The Balaban J connectivity index is 1.72. The van der Waals surface area contributed by atoms with Gasteiger partial charge >= 0.3 is 0 Å². The summed E-state index contributed by atoms with van der Waals surface area (Å²) in [5, 5.41) is 4.26. The number of fused-ring (bicyclic) bond motifs is 1. The molecule has 0 aromatic heterocycles. The molecule has 3 nitrogen and oxygen atoms in total. The van der Waals surface area contributed by atoms with Crippen molar-refractivity contribution < 1.29 is 9.47 Å². The predicted molar refractivity (Wildman–Crippen MR) is 87.0 cm³/mol. The predicted octanol–water partition coefficient (Wildman–Crippen LogP) is 4.68. The highest BCUT2D eigenvalue weighted by atomic mass is 79.9. The summed E-state index contributed by atoms with van der Waals surface area (Å²) in [7, 11) is 0. The molecule has 0 amide bonds. The normalized spacial score (nSPS) is 14.2. The van der Waals surface area contributed by atoms with Gasteiger partial charge in [0.2, 0.25) is 6.79 Å². The topological polar surface area (TPSA) is 30.5 Å². The monoisotopic (exact) mass is 367 g/mol. The van der Waals surface area contributed by atoms with Gasteiger partial charge in [0.15, 0.2) is 11.5 Å². The van der Waals surface area contributed by atoms with Gasteiger partial charge in [0, 0.05) is 22.1 Å². The minimum absolute atomic E-state index is 0.163. The average Bonchev–Trinajstić information content (AvgIpc) is 2.92. The molecular formula is C16H15BrClNO2. The van der Waals surface area contributed by atoms with E-state index in [2.05, 4.69) is 28.2 Å². The first kappa shape index (κ1) is 14.7. The molecule has 110 valence electrons. The van der Waals surface area contributed by atoms with E-state index in [0.29, 0.717) is 6.54 Å². The standard InChI is InChI=1S/C16H15BrClNO2/c1-10(12-4-2-3-5-14(12)18)19-8-11-6-15-16(7-13(11)17)21-9-20-15/h2-7,10,19H,8-9H2,1H3. The molecule has 1 atom stereocenters. The van der Waals surface area contributed by atoms with Crippen molar-refractivity contribution in [1.29, 1.82) is 0 Å². The zero-order chi connectivity index (χ0) is 14.8. The summed E-state index contributed by atoms with van der Waals surface area (Å²) in [6.45, 7) is 3.10. The van der Waals surface area contributed by atoms with Gasteiger partial charge in [-0.2, -0.15) is 0 Å². The number of rotatable bonds is 4. The third-order valence-electron chi connectivity index (χ3n) is 3.51. The number of nitrogens with one attached hydrogen (secondary N) is 1. The molecule has 2 aromatic carbocycles. The van der Waals surface area contributed by atoms with E-state index >= 15 is 0 Å². The molecule has 1 unspecified atom stereocenters. The first-order valence-corrected chi connectivity index (χ1v) is 7.88. The SMILES string of the molecule is CC(NCc1cc2c(cc1Br)OCO2)c1ccccc1Cl. The third kappa shape index (κ3) is 3.18. The van der Waals surface area contributed by atoms with Crippen LogP contribution in [0.5, 0.6) is 11.5 Å². The molecule has 0 spiro atoms. The minimum Gasteiger partial charge on any atom is -0.454 e. The Morgan fingerprint density at radius 1 is 1.24 bits per heavy atom. The number of benzene rings is 2. The fraction of sp³-hybridized carbons (Fsp3) is 0.250. The lowest BCUT2D eigenvalue weighted by molar-refractivity contribution is 0.174. The van der Waals surface area contributed by atoms with Crippen molar-refractivity contribution in [2.75, 3.05) is 6.79 Å². The molecular weight excluding hydrogens is 354 g/mol. The van der Waals surface area contributed by atoms with Gasteiger partial charge in [-0.3, -0.25) is 0 Å². The quantitative estimate of drug-likeness (QED) is 0.850. The van der Waals surface area contributed by atoms with Gasteiger partial charge in [0.25, 0.3) is 0 Å². The first-order valence-electron chi connectivity index (χ1n) is 6.71. The van der Waals surface area contributed by atoms with E-state index in [-0.39, 0.29) is 12.8 Å². The summed E-state index contributed by atoms with van der Waals surface area (Å²) >= 11 is 9.79. The van der Waals surface area contributed by atoms with Crippen molar-refractivity contribution in [3.05, 3.63) is 57.0 Å². The molecule has 0 fully saturated rings. The van der Waals surface area contributed by atoms with Crippen LogP contribution in [0.3, 0.4) is 0 Å². The van der Waals surface area contributed by atoms with E-state index < -0.39 is 0 Å². The molecule has 0 saturated heterocycles. The maximum absolute atomic E-state index is 6.22. The number of hydrogen-bond donors (Lipinski definition) is 1. The zero-order valence-corrected chi connectivity index (χ0v) is 13.9. The van der Waals surface area contributed by atoms with Crippen molar-refractivity contribution in [2.24, 2.45) is 0 Å². The maximum atomic E-state index is 6.22. The molecule has 2 aromatic rings. The summed E-state index contributed by atoms with van der Waals surface area (Å²) in [4.78, 5) is 0. The molecule has 0 aliphatic carbocycles. The largest absolute Gasteiger partial charge is 0.454 e. The summed E-state index contributed by atoms with van der Waals surface area (Å²) < 4.78 is 11.8. The van der Waals surface area contributed by atoms with E-state index in [1.807, 2.05) is 36.4 Å². The van der Waals surface area contributed by atoms with Gasteiger partial charge in [-0.1, -0.05) is 45.7 Å². The van der Waals surface area contributed by atoms with Crippen LogP contribution >= 0.6 is 27.5 Å². The van der Waals surface area contributed by atoms with Gasteiger partial charge in [-0.05, 0) is 36.2 Å². The fourth-order valence-electron chi connectivity index (χ4n) is 2.29. The molecule has 5 heteroatoms. The highest BCUT2D eigenvalue weighted by Crippen LogP contribution is 2.37. The van der Waals surface area contributed by atoms with Gasteiger partial charge in [0.1, 0.15) is 0 Å². The molecule has 0 bridgehead atoms. The Hall–Kier alpha value is -1.23. The Morgan fingerprint density at radius 3 is 2.71 bits per heavy atom. The van der Waals surface area contributed by atoms with Crippen molar-refractivity contribution >= 4 is 27.5 Å². The third-order valence-corrected chi connectivity index (χ3v) is 4.59. The van der Waals surface area contributed by atoms with Gasteiger partial charge in [-0.15, -0.1) is 0 Å². The Morgan fingerprint density at radius 2 is 1.95 bits per heavy atom. The maximum Gasteiger partial charge on any atom is 0.231 e. The van der Waals surface area contributed by atoms with Crippen LogP contribution in [0.4, 0.5) is 0 Å². The van der Waals surface area contributed by atoms with Gasteiger partial charge < -0.3 is 14.8 Å². The molecule has 1 N–H and O–H groups in total. The molecule has 0 saturated carbocycles.